The highest BCUT2D eigenvalue weighted by atomic mass is 16.3. The third-order valence-corrected chi connectivity index (χ3v) is 3.97. The van der Waals surface area contributed by atoms with Crippen molar-refractivity contribution in [2.75, 3.05) is 6.54 Å². The summed E-state index contributed by atoms with van der Waals surface area (Å²) in [4.78, 5) is 23.8. The smallest absolute Gasteiger partial charge is 0.244 e. The summed E-state index contributed by atoms with van der Waals surface area (Å²) in [5.74, 6) is 0.399. The highest BCUT2D eigenvalue weighted by molar-refractivity contribution is 5.98. The first-order chi connectivity index (χ1) is 12.1. The minimum Gasteiger partial charge on any atom is -0.460 e. The van der Waals surface area contributed by atoms with Crippen molar-refractivity contribution in [3.8, 4) is 0 Å². The molecule has 2 N–H and O–H groups in total. The van der Waals surface area contributed by atoms with Gasteiger partial charge in [-0.1, -0.05) is 31.5 Å². The molecule has 0 fully saturated rings. The lowest BCUT2D eigenvalue weighted by atomic mass is 10.1. The Labute approximate surface area is 148 Å². The van der Waals surface area contributed by atoms with E-state index in [0.717, 1.165) is 41.6 Å². The van der Waals surface area contributed by atoms with E-state index >= 15 is 0 Å². The van der Waals surface area contributed by atoms with Crippen molar-refractivity contribution >= 4 is 28.9 Å². The van der Waals surface area contributed by atoms with Gasteiger partial charge in [0.25, 0.3) is 0 Å². The lowest BCUT2D eigenvalue weighted by Crippen LogP contribution is -2.44. The number of carbonyl (C=O) groups excluding carboxylic acids is 2. The van der Waals surface area contributed by atoms with E-state index in [1.165, 1.54) is 6.08 Å². The molecule has 5 nitrogen and oxygen atoms in total. The molecule has 0 unspecified atom stereocenters. The van der Waals surface area contributed by atoms with Crippen LogP contribution < -0.4 is 10.6 Å². The van der Waals surface area contributed by atoms with Crippen molar-refractivity contribution in [1.29, 1.82) is 0 Å². The van der Waals surface area contributed by atoms with Crippen molar-refractivity contribution in [2.45, 2.75) is 46.1 Å². The number of nitrogens with one attached hydrogen (secondary N) is 2. The molecule has 1 aromatic heterocycles. The zero-order valence-electron chi connectivity index (χ0n) is 15.1. The highest BCUT2D eigenvalue weighted by Gasteiger charge is 2.14. The van der Waals surface area contributed by atoms with E-state index in [1.54, 1.807) is 13.0 Å². The molecule has 0 bridgehead atoms. The number of furan rings is 1. The number of para-hydroxylation sites is 1. The first kappa shape index (κ1) is 18.8. The van der Waals surface area contributed by atoms with Gasteiger partial charge in [0.05, 0.1) is 0 Å². The fraction of sp³-hybridized carbons (Fsp3) is 0.400. The van der Waals surface area contributed by atoms with E-state index in [9.17, 15) is 9.59 Å². The van der Waals surface area contributed by atoms with Gasteiger partial charge in [-0.05, 0) is 32.4 Å². The molecule has 1 atom stereocenters. The summed E-state index contributed by atoms with van der Waals surface area (Å²) in [6.07, 6.45) is 6.17. The number of hydrogen-bond acceptors (Lipinski definition) is 3. The van der Waals surface area contributed by atoms with Crippen LogP contribution in [0.2, 0.25) is 0 Å². The maximum atomic E-state index is 12.1. The van der Waals surface area contributed by atoms with Gasteiger partial charge in [0.1, 0.15) is 17.4 Å². The molecule has 0 aliphatic rings. The van der Waals surface area contributed by atoms with Crippen LogP contribution >= 0.6 is 0 Å². The predicted octanol–water partition coefficient (Wildman–Crippen LogP) is 3.43. The van der Waals surface area contributed by atoms with Gasteiger partial charge >= 0.3 is 0 Å². The topological polar surface area (TPSA) is 71.3 Å². The van der Waals surface area contributed by atoms with Crippen molar-refractivity contribution in [1.82, 2.24) is 10.6 Å². The Balaban J connectivity index is 2.16. The molecular weight excluding hydrogens is 316 g/mol. The Morgan fingerprint density at radius 1 is 1.24 bits per heavy atom. The highest BCUT2D eigenvalue weighted by Crippen LogP contribution is 2.28. The molecule has 2 rings (SSSR count). The number of benzene rings is 1. The Hall–Kier alpha value is -2.56. The molecule has 25 heavy (non-hydrogen) atoms. The van der Waals surface area contributed by atoms with Crippen LogP contribution in [0.4, 0.5) is 0 Å². The van der Waals surface area contributed by atoms with Crippen LogP contribution in [0.3, 0.4) is 0 Å². The Bertz CT molecular complexity index is 761. The minimum atomic E-state index is -0.572. The Morgan fingerprint density at radius 3 is 2.72 bits per heavy atom. The SMILES string of the molecule is CCCCc1oc2ccccc2c1/C=C/C(=O)N[C@@H](C)C(=O)NCC. The van der Waals surface area contributed by atoms with E-state index in [1.807, 2.05) is 31.2 Å². The Kier molecular flexibility index (Phi) is 6.81. The van der Waals surface area contributed by atoms with Crippen LogP contribution in [-0.2, 0) is 16.0 Å². The number of hydrogen-bond donors (Lipinski definition) is 2. The van der Waals surface area contributed by atoms with Gasteiger partial charge in [-0.3, -0.25) is 9.59 Å². The van der Waals surface area contributed by atoms with Gasteiger partial charge in [-0.2, -0.15) is 0 Å². The second kappa shape index (κ2) is 9.06. The summed E-state index contributed by atoms with van der Waals surface area (Å²) in [5, 5.41) is 6.35. The number of likely N-dealkylation sites (N-methyl/N-ethyl adjacent to an activating group) is 1. The molecule has 1 aromatic carbocycles. The third-order valence-electron chi connectivity index (χ3n) is 3.97. The predicted molar refractivity (Wildman–Crippen MR) is 100 cm³/mol. The lowest BCUT2D eigenvalue weighted by molar-refractivity contribution is -0.126. The van der Waals surface area contributed by atoms with Crippen LogP contribution in [0.5, 0.6) is 0 Å². The molecule has 2 amide bonds. The quantitative estimate of drug-likeness (QED) is 0.722. The largest absolute Gasteiger partial charge is 0.460 e. The number of carbonyl (C=O) groups is 2. The molecule has 0 radical (unpaired) electrons. The summed E-state index contributed by atoms with van der Waals surface area (Å²) in [7, 11) is 0. The van der Waals surface area contributed by atoms with Gasteiger partial charge in [0.15, 0.2) is 0 Å². The third kappa shape index (κ3) is 4.95. The average Bonchev–Trinajstić information content (AvgIpc) is 2.95. The molecule has 1 heterocycles. The number of fused-ring (bicyclic) bond motifs is 1. The molecule has 0 saturated carbocycles. The van der Waals surface area contributed by atoms with Gasteiger partial charge in [-0.15, -0.1) is 0 Å². The zero-order valence-corrected chi connectivity index (χ0v) is 15.1. The average molecular weight is 342 g/mol. The van der Waals surface area contributed by atoms with E-state index in [2.05, 4.69) is 17.6 Å². The summed E-state index contributed by atoms with van der Waals surface area (Å²) >= 11 is 0. The fourth-order valence-corrected chi connectivity index (χ4v) is 2.64. The van der Waals surface area contributed by atoms with Crippen molar-refractivity contribution in [3.05, 3.63) is 41.7 Å². The molecule has 5 heteroatoms. The second-order valence-electron chi connectivity index (χ2n) is 6.00. The van der Waals surface area contributed by atoms with E-state index < -0.39 is 6.04 Å². The maximum absolute atomic E-state index is 12.1. The molecule has 0 aliphatic heterocycles. The monoisotopic (exact) mass is 342 g/mol. The maximum Gasteiger partial charge on any atom is 0.244 e. The molecule has 0 aliphatic carbocycles. The van der Waals surface area contributed by atoms with E-state index in [-0.39, 0.29) is 11.8 Å². The number of rotatable bonds is 8. The molecular formula is C20H26N2O3. The summed E-state index contributed by atoms with van der Waals surface area (Å²) in [6, 6.07) is 7.24. The second-order valence-corrected chi connectivity index (χ2v) is 6.00. The summed E-state index contributed by atoms with van der Waals surface area (Å²) in [6.45, 7) is 6.18. The zero-order chi connectivity index (χ0) is 18.2. The standard InChI is InChI=1S/C20H26N2O3/c1-4-6-10-17-16(15-9-7-8-11-18(15)25-17)12-13-19(23)22-14(3)20(24)21-5-2/h7-9,11-14H,4-6,10H2,1-3H3,(H,21,24)(H,22,23)/b13-12+/t14-/m0/s1. The molecule has 134 valence electrons. The van der Waals surface area contributed by atoms with Gasteiger partial charge < -0.3 is 15.1 Å². The minimum absolute atomic E-state index is 0.193. The van der Waals surface area contributed by atoms with Gasteiger partial charge in [-0.25, -0.2) is 0 Å². The van der Waals surface area contributed by atoms with E-state index in [4.69, 9.17) is 4.42 Å². The normalized spacial score (nSPS) is 12.4. The molecule has 2 aromatic rings. The number of aryl methyl sites for hydroxylation is 1. The Morgan fingerprint density at radius 2 is 2.00 bits per heavy atom. The number of amides is 2. The first-order valence-electron chi connectivity index (χ1n) is 8.83. The summed E-state index contributed by atoms with van der Waals surface area (Å²) in [5.41, 5.74) is 1.76. The van der Waals surface area contributed by atoms with Crippen molar-refractivity contribution < 1.29 is 14.0 Å². The fourth-order valence-electron chi connectivity index (χ4n) is 2.64. The molecule has 0 spiro atoms. The molecule has 0 saturated heterocycles. The van der Waals surface area contributed by atoms with Crippen LogP contribution in [0.15, 0.2) is 34.8 Å². The van der Waals surface area contributed by atoms with Crippen molar-refractivity contribution in [3.63, 3.8) is 0 Å². The van der Waals surface area contributed by atoms with Gasteiger partial charge in [0.2, 0.25) is 11.8 Å². The van der Waals surface area contributed by atoms with Crippen LogP contribution in [-0.4, -0.2) is 24.4 Å². The van der Waals surface area contributed by atoms with Gasteiger partial charge in [0, 0.05) is 30.0 Å². The summed E-state index contributed by atoms with van der Waals surface area (Å²) < 4.78 is 5.94. The van der Waals surface area contributed by atoms with Crippen LogP contribution in [0, 0.1) is 0 Å². The van der Waals surface area contributed by atoms with Crippen LogP contribution in [0.1, 0.15) is 44.9 Å². The first-order valence-corrected chi connectivity index (χ1v) is 8.83. The lowest BCUT2D eigenvalue weighted by Gasteiger charge is -2.11. The van der Waals surface area contributed by atoms with Crippen LogP contribution in [0.25, 0.3) is 17.0 Å². The van der Waals surface area contributed by atoms with E-state index in [0.29, 0.717) is 6.54 Å². The number of unbranched alkanes of at least 4 members (excludes halogenated alkanes) is 1. The van der Waals surface area contributed by atoms with Crippen molar-refractivity contribution in [2.24, 2.45) is 0 Å².